The zero-order valence-corrected chi connectivity index (χ0v) is 6.87. The first-order chi connectivity index (χ1) is 4.63. The summed E-state index contributed by atoms with van der Waals surface area (Å²) in [6, 6.07) is 0. The molecule has 1 heterocycles. The van der Waals surface area contributed by atoms with Crippen LogP contribution in [0, 0.1) is 0 Å². The van der Waals surface area contributed by atoms with Crippen molar-refractivity contribution in [1.82, 2.24) is 4.98 Å². The molecule has 1 aromatic rings. The quantitative estimate of drug-likeness (QED) is 0.702. The van der Waals surface area contributed by atoms with Crippen molar-refractivity contribution in [3.8, 4) is 5.88 Å². The standard InChI is InChI=1S/C5H2Cl3NO.Ca.2H/c6-2-1-9-5(10)4(8)3(2)7;;;/h1H,(H,9,10);;;. The molecule has 58 valence electrons. The second-order valence-corrected chi connectivity index (χ2v) is 2.72. The van der Waals surface area contributed by atoms with Gasteiger partial charge in [0.05, 0.1) is 16.2 Å². The van der Waals surface area contributed by atoms with Crippen molar-refractivity contribution >= 4 is 72.5 Å². The van der Waals surface area contributed by atoms with E-state index >= 15 is 0 Å². The van der Waals surface area contributed by atoms with Crippen LogP contribution < -0.4 is 0 Å². The molecule has 0 unspecified atom stereocenters. The number of nitrogens with zero attached hydrogens (tertiary/aromatic N) is 1. The van der Waals surface area contributed by atoms with Gasteiger partial charge < -0.3 is 5.11 Å². The van der Waals surface area contributed by atoms with E-state index in [2.05, 4.69) is 4.98 Å². The molecule has 0 aliphatic heterocycles. The van der Waals surface area contributed by atoms with Crippen molar-refractivity contribution < 1.29 is 5.11 Å². The van der Waals surface area contributed by atoms with Gasteiger partial charge in [-0.2, -0.15) is 0 Å². The summed E-state index contributed by atoms with van der Waals surface area (Å²) < 4.78 is 0. The average Bonchev–Trinajstić information content (AvgIpc) is 1.93. The molecule has 1 N–H and O–H groups in total. The molecular formula is C5H4CaCl3NO. The fourth-order valence-corrected chi connectivity index (χ4v) is 0.910. The van der Waals surface area contributed by atoms with E-state index in [1.165, 1.54) is 6.20 Å². The molecular weight excluding hydrogens is 236 g/mol. The van der Waals surface area contributed by atoms with Gasteiger partial charge in [-0.3, -0.25) is 0 Å². The molecule has 0 radical (unpaired) electrons. The third kappa shape index (κ3) is 2.79. The van der Waals surface area contributed by atoms with Crippen LogP contribution in [0.15, 0.2) is 6.20 Å². The molecule has 0 saturated heterocycles. The Morgan fingerprint density at radius 2 is 1.73 bits per heavy atom. The Kier molecular flexibility index (Phi) is 5.44. The van der Waals surface area contributed by atoms with Crippen LogP contribution in [0.4, 0.5) is 0 Å². The monoisotopic (exact) mass is 239 g/mol. The third-order valence-corrected chi connectivity index (χ3v) is 2.13. The molecule has 0 spiro atoms. The first-order valence-corrected chi connectivity index (χ1v) is 3.44. The van der Waals surface area contributed by atoms with E-state index in [0.717, 1.165) is 0 Å². The van der Waals surface area contributed by atoms with Gasteiger partial charge in [-0.15, -0.1) is 0 Å². The second-order valence-electron chi connectivity index (χ2n) is 1.56. The zero-order valence-electron chi connectivity index (χ0n) is 4.61. The van der Waals surface area contributed by atoms with Crippen molar-refractivity contribution in [3.05, 3.63) is 21.3 Å². The van der Waals surface area contributed by atoms with Crippen molar-refractivity contribution in [3.63, 3.8) is 0 Å². The van der Waals surface area contributed by atoms with Crippen LogP contribution in [-0.4, -0.2) is 47.8 Å². The number of hydrogen-bond acceptors (Lipinski definition) is 2. The van der Waals surface area contributed by atoms with Gasteiger partial charge in [0.1, 0.15) is 5.02 Å². The fourth-order valence-electron chi connectivity index (χ4n) is 0.434. The Balaban J connectivity index is 0.000001000. The first kappa shape index (κ1) is 12.1. The second kappa shape index (κ2) is 4.95. The van der Waals surface area contributed by atoms with Crippen LogP contribution in [0.5, 0.6) is 5.88 Å². The minimum absolute atomic E-state index is 0. The topological polar surface area (TPSA) is 33.1 Å². The predicted molar refractivity (Wildman–Crippen MR) is 49.5 cm³/mol. The van der Waals surface area contributed by atoms with Gasteiger partial charge in [0.2, 0.25) is 5.88 Å². The summed E-state index contributed by atoms with van der Waals surface area (Å²) in [6.45, 7) is 0. The van der Waals surface area contributed by atoms with Gasteiger partial charge in [-0.1, -0.05) is 34.8 Å². The normalized spacial score (nSPS) is 9.00. The van der Waals surface area contributed by atoms with Crippen LogP contribution in [0.25, 0.3) is 0 Å². The van der Waals surface area contributed by atoms with E-state index in [-0.39, 0.29) is 58.7 Å². The summed E-state index contributed by atoms with van der Waals surface area (Å²) in [5, 5.41) is 9.17. The van der Waals surface area contributed by atoms with Crippen molar-refractivity contribution in [2.24, 2.45) is 0 Å². The number of halogens is 3. The Hall–Kier alpha value is 1.08. The van der Waals surface area contributed by atoms with Crippen LogP contribution in [0.3, 0.4) is 0 Å². The zero-order chi connectivity index (χ0) is 7.72. The van der Waals surface area contributed by atoms with Gasteiger partial charge in [0.15, 0.2) is 0 Å². The molecule has 0 amide bonds. The summed E-state index contributed by atoms with van der Waals surface area (Å²) in [4.78, 5) is 3.45. The number of pyridine rings is 1. The molecule has 2 nitrogen and oxygen atoms in total. The van der Waals surface area contributed by atoms with Crippen LogP contribution in [0.2, 0.25) is 15.1 Å². The SMILES string of the molecule is Oc1ncc(Cl)c(Cl)c1Cl.[CaH2]. The maximum atomic E-state index is 8.84. The minimum atomic E-state index is -0.309. The van der Waals surface area contributed by atoms with Crippen molar-refractivity contribution in [2.75, 3.05) is 0 Å². The van der Waals surface area contributed by atoms with Gasteiger partial charge in [-0.25, -0.2) is 4.98 Å². The Bertz CT molecular complexity index is 241. The Morgan fingerprint density at radius 3 is 2.18 bits per heavy atom. The van der Waals surface area contributed by atoms with Crippen molar-refractivity contribution in [2.45, 2.75) is 0 Å². The molecule has 0 saturated carbocycles. The molecule has 11 heavy (non-hydrogen) atoms. The van der Waals surface area contributed by atoms with Gasteiger partial charge in [-0.05, 0) is 0 Å². The van der Waals surface area contributed by atoms with Gasteiger partial charge >= 0.3 is 37.7 Å². The number of hydrogen-bond donors (Lipinski definition) is 1. The third-order valence-electron chi connectivity index (χ3n) is 0.899. The van der Waals surface area contributed by atoms with Crippen LogP contribution in [0.1, 0.15) is 0 Å². The molecule has 1 rings (SSSR count). The molecule has 0 aliphatic carbocycles. The number of aromatic hydroxyl groups is 1. The van der Waals surface area contributed by atoms with E-state index in [1.807, 2.05) is 0 Å². The van der Waals surface area contributed by atoms with Gasteiger partial charge in [0.25, 0.3) is 0 Å². The summed E-state index contributed by atoms with van der Waals surface area (Å²) >= 11 is 16.5. The van der Waals surface area contributed by atoms with E-state index in [9.17, 15) is 0 Å². The predicted octanol–water partition coefficient (Wildman–Crippen LogP) is 1.83. The molecule has 1 aromatic heterocycles. The molecule has 0 atom stereocenters. The van der Waals surface area contributed by atoms with E-state index in [1.54, 1.807) is 0 Å². The summed E-state index contributed by atoms with van der Waals surface area (Å²) in [7, 11) is 0. The Morgan fingerprint density at radius 1 is 1.18 bits per heavy atom. The summed E-state index contributed by atoms with van der Waals surface area (Å²) in [5.74, 6) is -0.309. The van der Waals surface area contributed by atoms with E-state index < -0.39 is 0 Å². The number of rotatable bonds is 0. The average molecular weight is 241 g/mol. The molecule has 0 aromatic carbocycles. The fraction of sp³-hybridized carbons (Fsp3) is 0. The first-order valence-electron chi connectivity index (χ1n) is 2.31. The molecule has 6 heteroatoms. The maximum absolute atomic E-state index is 8.84. The molecule has 0 aliphatic rings. The summed E-state index contributed by atoms with van der Waals surface area (Å²) in [5.41, 5.74) is 0. The summed E-state index contributed by atoms with van der Waals surface area (Å²) in [6.07, 6.45) is 1.23. The number of aromatic nitrogens is 1. The molecule has 0 bridgehead atoms. The van der Waals surface area contributed by atoms with E-state index in [4.69, 9.17) is 39.9 Å². The molecule has 0 fully saturated rings. The van der Waals surface area contributed by atoms with Crippen molar-refractivity contribution in [1.29, 1.82) is 0 Å². The van der Waals surface area contributed by atoms with E-state index in [0.29, 0.717) is 0 Å². The van der Waals surface area contributed by atoms with Gasteiger partial charge in [0, 0.05) is 0 Å². The Labute approximate surface area is 108 Å². The van der Waals surface area contributed by atoms with Crippen LogP contribution >= 0.6 is 34.8 Å². The van der Waals surface area contributed by atoms with Crippen LogP contribution in [-0.2, 0) is 0 Å².